The second-order valence-corrected chi connectivity index (χ2v) is 4.23. The lowest BCUT2D eigenvalue weighted by Gasteiger charge is -2.20. The summed E-state index contributed by atoms with van der Waals surface area (Å²) < 4.78 is 4.78. The molecule has 0 radical (unpaired) electrons. The number of carbonyl (C=O) groups excluding carboxylic acids is 3. The largest absolute Gasteiger partial charge is 0.464 e. The molecule has 1 aliphatic rings. The van der Waals surface area contributed by atoms with Gasteiger partial charge in [0.15, 0.2) is 0 Å². The van der Waals surface area contributed by atoms with Gasteiger partial charge in [-0.05, 0) is 13.3 Å². The van der Waals surface area contributed by atoms with Crippen LogP contribution < -0.4 is 5.32 Å². The maximum atomic E-state index is 11.5. The lowest BCUT2D eigenvalue weighted by Crippen LogP contribution is -2.49. The van der Waals surface area contributed by atoms with E-state index < -0.39 is 17.4 Å². The number of carbonyl (C=O) groups is 3. The van der Waals surface area contributed by atoms with E-state index in [0.29, 0.717) is 19.4 Å². The molecule has 5 heteroatoms. The average molecular weight is 227 g/mol. The summed E-state index contributed by atoms with van der Waals surface area (Å²) in [4.78, 5) is 34.1. The SMILES string of the molecule is CCCC(=O)CC(=O)N[C@@]1(C)CCOC1=O. The Morgan fingerprint density at radius 2 is 2.19 bits per heavy atom. The van der Waals surface area contributed by atoms with Crippen LogP contribution in [0.2, 0.25) is 0 Å². The Bertz CT molecular complexity index is 313. The molecule has 0 aromatic carbocycles. The fourth-order valence-electron chi connectivity index (χ4n) is 1.62. The maximum absolute atomic E-state index is 11.5. The highest BCUT2D eigenvalue weighted by atomic mass is 16.5. The van der Waals surface area contributed by atoms with Gasteiger partial charge in [-0.3, -0.25) is 9.59 Å². The number of amides is 1. The molecule has 1 rings (SSSR count). The number of hydrogen-bond donors (Lipinski definition) is 1. The highest BCUT2D eigenvalue weighted by Gasteiger charge is 2.41. The molecule has 0 unspecified atom stereocenters. The van der Waals surface area contributed by atoms with Crippen molar-refractivity contribution >= 4 is 17.7 Å². The summed E-state index contributed by atoms with van der Waals surface area (Å²) in [5.74, 6) is -0.932. The first-order chi connectivity index (χ1) is 7.48. The van der Waals surface area contributed by atoms with Crippen LogP contribution in [-0.4, -0.2) is 29.8 Å². The molecule has 0 aromatic rings. The molecule has 1 amide bonds. The molecule has 1 heterocycles. The molecule has 1 saturated heterocycles. The first-order valence-electron chi connectivity index (χ1n) is 5.48. The van der Waals surface area contributed by atoms with Gasteiger partial charge in [-0.2, -0.15) is 0 Å². The molecular formula is C11H17NO4. The maximum Gasteiger partial charge on any atom is 0.331 e. The van der Waals surface area contributed by atoms with E-state index >= 15 is 0 Å². The first kappa shape index (κ1) is 12.7. The van der Waals surface area contributed by atoms with Gasteiger partial charge in [0.1, 0.15) is 11.3 Å². The van der Waals surface area contributed by atoms with Crippen LogP contribution in [0, 0.1) is 0 Å². The average Bonchev–Trinajstić information content (AvgIpc) is 2.46. The van der Waals surface area contributed by atoms with Crippen molar-refractivity contribution in [2.24, 2.45) is 0 Å². The van der Waals surface area contributed by atoms with Gasteiger partial charge in [-0.15, -0.1) is 0 Å². The molecule has 0 aromatic heterocycles. The third-order valence-electron chi connectivity index (χ3n) is 2.59. The molecular weight excluding hydrogens is 210 g/mol. The van der Waals surface area contributed by atoms with Crippen LogP contribution in [0.15, 0.2) is 0 Å². The highest BCUT2D eigenvalue weighted by molar-refractivity contribution is 6.00. The van der Waals surface area contributed by atoms with Crippen molar-refractivity contribution < 1.29 is 19.1 Å². The quantitative estimate of drug-likeness (QED) is 0.550. The second-order valence-electron chi connectivity index (χ2n) is 4.23. The molecule has 0 aliphatic carbocycles. The van der Waals surface area contributed by atoms with E-state index in [2.05, 4.69) is 5.32 Å². The number of hydrogen-bond acceptors (Lipinski definition) is 4. The van der Waals surface area contributed by atoms with E-state index in [0.717, 1.165) is 6.42 Å². The zero-order valence-corrected chi connectivity index (χ0v) is 9.67. The molecule has 1 fully saturated rings. The molecule has 5 nitrogen and oxygen atoms in total. The smallest absolute Gasteiger partial charge is 0.331 e. The molecule has 90 valence electrons. The normalized spacial score (nSPS) is 24.0. The Morgan fingerprint density at radius 1 is 1.50 bits per heavy atom. The molecule has 16 heavy (non-hydrogen) atoms. The number of Topliss-reactive ketones (excluding diaryl/α,β-unsaturated/α-hetero) is 1. The number of ether oxygens (including phenoxy) is 1. The monoisotopic (exact) mass is 227 g/mol. The Labute approximate surface area is 94.5 Å². The first-order valence-corrected chi connectivity index (χ1v) is 5.48. The minimum Gasteiger partial charge on any atom is -0.464 e. The van der Waals surface area contributed by atoms with Crippen LogP contribution >= 0.6 is 0 Å². The number of nitrogens with one attached hydrogen (secondary N) is 1. The third kappa shape index (κ3) is 3.05. The van der Waals surface area contributed by atoms with Crippen LogP contribution in [0.3, 0.4) is 0 Å². The Balaban J connectivity index is 2.45. The van der Waals surface area contributed by atoms with E-state index in [1.165, 1.54) is 0 Å². The fraction of sp³-hybridized carbons (Fsp3) is 0.727. The minimum absolute atomic E-state index is 0.102. The summed E-state index contributed by atoms with van der Waals surface area (Å²) >= 11 is 0. The molecule has 1 N–H and O–H groups in total. The summed E-state index contributed by atoms with van der Waals surface area (Å²) in [6, 6.07) is 0. The van der Waals surface area contributed by atoms with Crippen LogP contribution in [0.5, 0.6) is 0 Å². The zero-order chi connectivity index (χ0) is 12.2. The van der Waals surface area contributed by atoms with Gasteiger partial charge in [-0.25, -0.2) is 4.79 Å². The van der Waals surface area contributed by atoms with Gasteiger partial charge in [0.05, 0.1) is 13.0 Å². The third-order valence-corrected chi connectivity index (χ3v) is 2.59. The summed E-state index contributed by atoms with van der Waals surface area (Å²) in [5.41, 5.74) is -0.955. The van der Waals surface area contributed by atoms with Crippen LogP contribution in [0.1, 0.15) is 39.5 Å². The van der Waals surface area contributed by atoms with Crippen molar-refractivity contribution in [2.45, 2.75) is 45.1 Å². The van der Waals surface area contributed by atoms with E-state index in [1.807, 2.05) is 6.92 Å². The van der Waals surface area contributed by atoms with Gasteiger partial charge < -0.3 is 10.1 Å². The second kappa shape index (κ2) is 5.09. The van der Waals surface area contributed by atoms with E-state index in [-0.39, 0.29) is 12.2 Å². The topological polar surface area (TPSA) is 72.5 Å². The van der Waals surface area contributed by atoms with Gasteiger partial charge in [-0.1, -0.05) is 6.92 Å². The van der Waals surface area contributed by atoms with Gasteiger partial charge in [0.2, 0.25) is 5.91 Å². The van der Waals surface area contributed by atoms with Crippen LogP contribution in [0.25, 0.3) is 0 Å². The minimum atomic E-state index is -0.955. The predicted molar refractivity (Wildman–Crippen MR) is 56.7 cm³/mol. The van der Waals surface area contributed by atoms with Gasteiger partial charge in [0, 0.05) is 12.8 Å². The lowest BCUT2D eigenvalue weighted by molar-refractivity contribution is -0.145. The summed E-state index contributed by atoms with van der Waals surface area (Å²) in [6.45, 7) is 3.81. The standard InChI is InChI=1S/C11H17NO4/c1-3-4-8(13)7-9(14)12-11(2)5-6-16-10(11)15/h3-7H2,1-2H3,(H,12,14)/t11-/m0/s1. The number of rotatable bonds is 5. The predicted octanol–water partition coefficient (Wildman–Crippen LogP) is 0.567. The van der Waals surface area contributed by atoms with E-state index in [4.69, 9.17) is 4.74 Å². The Morgan fingerprint density at radius 3 is 2.69 bits per heavy atom. The lowest BCUT2D eigenvalue weighted by atomic mass is 10.0. The molecule has 0 saturated carbocycles. The van der Waals surface area contributed by atoms with Crippen molar-refractivity contribution in [1.82, 2.24) is 5.32 Å². The zero-order valence-electron chi connectivity index (χ0n) is 9.67. The highest BCUT2D eigenvalue weighted by Crippen LogP contribution is 2.19. The fourth-order valence-corrected chi connectivity index (χ4v) is 1.62. The van der Waals surface area contributed by atoms with Crippen LogP contribution in [-0.2, 0) is 19.1 Å². The summed E-state index contributed by atoms with van der Waals surface area (Å²) in [7, 11) is 0. The summed E-state index contributed by atoms with van der Waals surface area (Å²) in [6.07, 6.45) is 1.43. The van der Waals surface area contributed by atoms with Crippen molar-refractivity contribution in [3.8, 4) is 0 Å². The summed E-state index contributed by atoms with van der Waals surface area (Å²) in [5, 5.41) is 2.56. The van der Waals surface area contributed by atoms with Crippen molar-refractivity contribution in [3.63, 3.8) is 0 Å². The Kier molecular flexibility index (Phi) is 4.04. The van der Waals surface area contributed by atoms with Crippen molar-refractivity contribution in [2.75, 3.05) is 6.61 Å². The molecule has 0 bridgehead atoms. The van der Waals surface area contributed by atoms with Gasteiger partial charge >= 0.3 is 5.97 Å². The molecule has 1 atom stereocenters. The van der Waals surface area contributed by atoms with E-state index in [9.17, 15) is 14.4 Å². The number of esters is 1. The van der Waals surface area contributed by atoms with Crippen molar-refractivity contribution in [1.29, 1.82) is 0 Å². The van der Waals surface area contributed by atoms with Crippen LogP contribution in [0.4, 0.5) is 0 Å². The Hall–Kier alpha value is -1.39. The van der Waals surface area contributed by atoms with Gasteiger partial charge in [0.25, 0.3) is 0 Å². The number of ketones is 1. The van der Waals surface area contributed by atoms with Crippen molar-refractivity contribution in [3.05, 3.63) is 0 Å². The van der Waals surface area contributed by atoms with E-state index in [1.54, 1.807) is 6.92 Å². The molecule has 0 spiro atoms. The number of cyclic esters (lactones) is 1. The molecule has 1 aliphatic heterocycles.